The molecule has 0 saturated carbocycles. The van der Waals surface area contributed by atoms with E-state index in [4.69, 9.17) is 12.2 Å². The SMILES string of the molecule is Cc1cc(C)nc(NNC(=S)NCCC[NH+](C)C)n1. The van der Waals surface area contributed by atoms with Crippen molar-refractivity contribution in [2.45, 2.75) is 20.3 Å². The van der Waals surface area contributed by atoms with Gasteiger partial charge in [-0.15, -0.1) is 0 Å². The van der Waals surface area contributed by atoms with Crippen LogP contribution in [-0.2, 0) is 0 Å². The van der Waals surface area contributed by atoms with Crippen LogP contribution in [0.2, 0.25) is 0 Å². The molecule has 1 aromatic rings. The maximum atomic E-state index is 5.15. The number of thiocarbonyl (C=S) groups is 1. The van der Waals surface area contributed by atoms with Crippen molar-refractivity contribution in [1.82, 2.24) is 20.7 Å². The van der Waals surface area contributed by atoms with Crippen LogP contribution in [0.1, 0.15) is 17.8 Å². The van der Waals surface area contributed by atoms with Crippen molar-refractivity contribution in [2.75, 3.05) is 32.6 Å². The second kappa shape index (κ2) is 7.85. The second-order valence-electron chi connectivity index (χ2n) is 4.79. The van der Waals surface area contributed by atoms with E-state index in [0.717, 1.165) is 30.9 Å². The smallest absolute Gasteiger partial charge is 0.242 e. The topological polar surface area (TPSA) is 66.3 Å². The molecule has 19 heavy (non-hydrogen) atoms. The average Bonchev–Trinajstić information content (AvgIpc) is 2.31. The second-order valence-corrected chi connectivity index (χ2v) is 5.20. The number of quaternary nitrogens is 1. The Kier molecular flexibility index (Phi) is 6.44. The fourth-order valence-corrected chi connectivity index (χ4v) is 1.74. The quantitative estimate of drug-likeness (QED) is 0.318. The summed E-state index contributed by atoms with van der Waals surface area (Å²) in [6.45, 7) is 5.83. The summed E-state index contributed by atoms with van der Waals surface area (Å²) in [6.07, 6.45) is 1.07. The van der Waals surface area contributed by atoms with Crippen LogP contribution in [0.5, 0.6) is 0 Å². The Labute approximate surface area is 120 Å². The summed E-state index contributed by atoms with van der Waals surface area (Å²) < 4.78 is 0. The zero-order valence-electron chi connectivity index (χ0n) is 12.0. The maximum Gasteiger partial charge on any atom is 0.242 e. The summed E-state index contributed by atoms with van der Waals surface area (Å²) in [7, 11) is 4.27. The zero-order chi connectivity index (χ0) is 14.3. The molecule has 0 aliphatic rings. The fraction of sp³-hybridized carbons (Fsp3) is 0.583. The molecule has 0 unspecified atom stereocenters. The lowest BCUT2D eigenvalue weighted by molar-refractivity contribution is -0.858. The number of aryl methyl sites for hydroxylation is 2. The molecule has 106 valence electrons. The van der Waals surface area contributed by atoms with E-state index in [1.54, 1.807) is 0 Å². The molecule has 0 aliphatic carbocycles. The van der Waals surface area contributed by atoms with Crippen LogP contribution in [0.3, 0.4) is 0 Å². The lowest BCUT2D eigenvalue weighted by Gasteiger charge is -2.12. The van der Waals surface area contributed by atoms with Gasteiger partial charge in [-0.3, -0.25) is 10.9 Å². The number of hydrogen-bond acceptors (Lipinski definition) is 4. The standard InChI is InChI=1S/C12H22N6S/c1-9-8-10(2)15-11(14-9)16-17-12(19)13-6-5-7-18(3)4/h8H,5-7H2,1-4H3,(H2,13,17,19)(H,14,15,16)/p+1. The Morgan fingerprint density at radius 1 is 1.26 bits per heavy atom. The van der Waals surface area contributed by atoms with E-state index in [2.05, 4.69) is 40.2 Å². The van der Waals surface area contributed by atoms with Crippen LogP contribution in [0, 0.1) is 13.8 Å². The molecule has 0 radical (unpaired) electrons. The highest BCUT2D eigenvalue weighted by molar-refractivity contribution is 7.80. The van der Waals surface area contributed by atoms with Gasteiger partial charge in [0.25, 0.3) is 0 Å². The first-order chi connectivity index (χ1) is 8.97. The number of nitrogens with one attached hydrogen (secondary N) is 4. The fourth-order valence-electron chi connectivity index (χ4n) is 1.58. The predicted octanol–water partition coefficient (Wildman–Crippen LogP) is -0.581. The van der Waals surface area contributed by atoms with E-state index in [9.17, 15) is 0 Å². The van der Waals surface area contributed by atoms with E-state index < -0.39 is 0 Å². The monoisotopic (exact) mass is 283 g/mol. The van der Waals surface area contributed by atoms with Crippen molar-refractivity contribution in [1.29, 1.82) is 0 Å². The van der Waals surface area contributed by atoms with Crippen molar-refractivity contribution in [2.24, 2.45) is 0 Å². The lowest BCUT2D eigenvalue weighted by Crippen LogP contribution is -3.05. The average molecular weight is 283 g/mol. The summed E-state index contributed by atoms with van der Waals surface area (Å²) in [5.74, 6) is 0.527. The number of aromatic nitrogens is 2. The van der Waals surface area contributed by atoms with Crippen LogP contribution in [0.15, 0.2) is 6.07 Å². The molecule has 0 saturated heterocycles. The van der Waals surface area contributed by atoms with Gasteiger partial charge in [-0.25, -0.2) is 9.97 Å². The van der Waals surface area contributed by atoms with E-state index in [-0.39, 0.29) is 0 Å². The Morgan fingerprint density at radius 2 is 1.89 bits per heavy atom. The highest BCUT2D eigenvalue weighted by Crippen LogP contribution is 2.01. The Hall–Kier alpha value is -1.47. The molecular weight excluding hydrogens is 260 g/mol. The molecule has 0 fully saturated rings. The van der Waals surface area contributed by atoms with Crippen molar-refractivity contribution in [3.63, 3.8) is 0 Å². The minimum atomic E-state index is 0.527. The molecule has 0 spiro atoms. The van der Waals surface area contributed by atoms with E-state index in [0.29, 0.717) is 11.1 Å². The molecule has 0 aromatic carbocycles. The summed E-state index contributed by atoms with van der Waals surface area (Å²) in [5, 5.41) is 3.68. The summed E-state index contributed by atoms with van der Waals surface area (Å²) in [5.41, 5.74) is 7.62. The first-order valence-electron chi connectivity index (χ1n) is 6.38. The van der Waals surface area contributed by atoms with Crippen molar-refractivity contribution in [3.8, 4) is 0 Å². The van der Waals surface area contributed by atoms with Crippen LogP contribution >= 0.6 is 12.2 Å². The normalized spacial score (nSPS) is 10.4. The summed E-state index contributed by atoms with van der Waals surface area (Å²) >= 11 is 5.15. The Balaban J connectivity index is 2.26. The molecule has 7 heteroatoms. The molecule has 6 nitrogen and oxygen atoms in total. The number of hydrazine groups is 1. The first kappa shape index (κ1) is 15.6. The van der Waals surface area contributed by atoms with Gasteiger partial charge >= 0.3 is 0 Å². The summed E-state index contributed by atoms with van der Waals surface area (Å²) in [4.78, 5) is 9.93. The molecule has 1 rings (SSSR count). The largest absolute Gasteiger partial charge is 0.361 e. The summed E-state index contributed by atoms with van der Waals surface area (Å²) in [6, 6.07) is 1.92. The van der Waals surface area contributed by atoms with Crippen LogP contribution in [0.25, 0.3) is 0 Å². The third-order valence-corrected chi connectivity index (χ3v) is 2.66. The van der Waals surface area contributed by atoms with E-state index in [1.807, 2.05) is 19.9 Å². The predicted molar refractivity (Wildman–Crippen MR) is 81.2 cm³/mol. The van der Waals surface area contributed by atoms with Crippen LogP contribution in [0.4, 0.5) is 5.95 Å². The zero-order valence-corrected chi connectivity index (χ0v) is 12.8. The van der Waals surface area contributed by atoms with Gasteiger partial charge in [-0.1, -0.05) is 0 Å². The van der Waals surface area contributed by atoms with Gasteiger partial charge in [-0.05, 0) is 32.1 Å². The van der Waals surface area contributed by atoms with Gasteiger partial charge in [0.15, 0.2) is 5.11 Å². The molecule has 0 aliphatic heterocycles. The Bertz CT molecular complexity index is 400. The molecular formula is C12H23N6S+. The number of nitrogens with zero attached hydrogens (tertiary/aromatic N) is 2. The molecule has 4 N–H and O–H groups in total. The number of hydrogen-bond donors (Lipinski definition) is 4. The van der Waals surface area contributed by atoms with Gasteiger partial charge < -0.3 is 10.2 Å². The third kappa shape index (κ3) is 6.88. The van der Waals surface area contributed by atoms with Crippen LogP contribution in [-0.4, -0.2) is 42.3 Å². The van der Waals surface area contributed by atoms with Gasteiger partial charge in [0.1, 0.15) is 0 Å². The van der Waals surface area contributed by atoms with Crippen molar-refractivity contribution in [3.05, 3.63) is 17.5 Å². The molecule has 0 amide bonds. The number of anilines is 1. The van der Waals surface area contributed by atoms with Crippen LogP contribution < -0.4 is 21.1 Å². The minimum absolute atomic E-state index is 0.527. The highest BCUT2D eigenvalue weighted by Gasteiger charge is 2.00. The Morgan fingerprint density at radius 3 is 2.47 bits per heavy atom. The lowest BCUT2D eigenvalue weighted by atomic mass is 10.4. The molecule has 1 heterocycles. The molecule has 0 bridgehead atoms. The number of rotatable bonds is 6. The maximum absolute atomic E-state index is 5.15. The molecule has 1 aromatic heterocycles. The third-order valence-electron chi connectivity index (χ3n) is 2.41. The van der Waals surface area contributed by atoms with Gasteiger partial charge in [0, 0.05) is 24.4 Å². The highest BCUT2D eigenvalue weighted by atomic mass is 32.1. The van der Waals surface area contributed by atoms with Gasteiger partial charge in [0.2, 0.25) is 5.95 Å². The van der Waals surface area contributed by atoms with Crippen molar-refractivity contribution < 1.29 is 4.90 Å². The van der Waals surface area contributed by atoms with Crippen molar-refractivity contribution >= 4 is 23.3 Å². The minimum Gasteiger partial charge on any atom is -0.361 e. The van der Waals surface area contributed by atoms with E-state index >= 15 is 0 Å². The first-order valence-corrected chi connectivity index (χ1v) is 6.79. The molecule has 0 atom stereocenters. The van der Waals surface area contributed by atoms with E-state index in [1.165, 1.54) is 4.90 Å². The van der Waals surface area contributed by atoms with Gasteiger partial charge in [-0.2, -0.15) is 0 Å². The van der Waals surface area contributed by atoms with Gasteiger partial charge in [0.05, 0.1) is 20.6 Å².